The highest BCUT2D eigenvalue weighted by atomic mass is 16.5. The van der Waals surface area contributed by atoms with E-state index in [-0.39, 0.29) is 5.91 Å². The molecular weight excluding hydrogens is 328 g/mol. The molecule has 26 heavy (non-hydrogen) atoms. The van der Waals surface area contributed by atoms with Gasteiger partial charge in [-0.2, -0.15) is 0 Å². The summed E-state index contributed by atoms with van der Waals surface area (Å²) in [7, 11) is 0. The van der Waals surface area contributed by atoms with Crippen molar-refractivity contribution in [3.8, 4) is 5.88 Å². The van der Waals surface area contributed by atoms with Crippen LogP contribution < -0.4 is 4.74 Å². The monoisotopic (exact) mass is 348 g/mol. The van der Waals surface area contributed by atoms with E-state index in [2.05, 4.69) is 27.1 Å². The van der Waals surface area contributed by atoms with Gasteiger partial charge in [0.1, 0.15) is 11.2 Å². The van der Waals surface area contributed by atoms with E-state index < -0.39 is 0 Å². The van der Waals surface area contributed by atoms with Crippen LogP contribution in [-0.4, -0.2) is 45.5 Å². The van der Waals surface area contributed by atoms with Crippen molar-refractivity contribution in [1.82, 2.24) is 19.9 Å². The van der Waals surface area contributed by atoms with Gasteiger partial charge in [0.05, 0.1) is 6.61 Å². The second-order valence-corrected chi connectivity index (χ2v) is 6.12. The third-order valence-corrected chi connectivity index (χ3v) is 4.58. The number of carbonyl (C=O) groups excluding carboxylic acids is 1. The number of hydrogen-bond donors (Lipinski definition) is 1. The molecule has 1 N–H and O–H groups in total. The molecule has 6 nitrogen and oxygen atoms in total. The van der Waals surface area contributed by atoms with Crippen LogP contribution in [0.15, 0.2) is 48.9 Å². The fourth-order valence-electron chi connectivity index (χ4n) is 3.30. The van der Waals surface area contributed by atoms with E-state index in [9.17, 15) is 4.79 Å². The van der Waals surface area contributed by atoms with Crippen molar-refractivity contribution < 1.29 is 9.53 Å². The average molecular weight is 348 g/mol. The minimum Gasteiger partial charge on any atom is -0.477 e. The van der Waals surface area contributed by atoms with Gasteiger partial charge in [-0.15, -0.1) is 0 Å². The Labute approximate surface area is 151 Å². The molecule has 0 radical (unpaired) electrons. The molecule has 1 aliphatic rings. The lowest BCUT2D eigenvalue weighted by molar-refractivity contribution is 0.0767. The number of carbonyl (C=O) groups is 1. The summed E-state index contributed by atoms with van der Waals surface area (Å²) in [4.78, 5) is 26.4. The Hall–Kier alpha value is -3.15. The number of pyridine rings is 2. The summed E-state index contributed by atoms with van der Waals surface area (Å²) in [6, 6.07) is 7.54. The largest absolute Gasteiger partial charge is 0.477 e. The Morgan fingerprint density at radius 3 is 2.92 bits per heavy atom. The average Bonchev–Trinajstić information content (AvgIpc) is 3.12. The van der Waals surface area contributed by atoms with Crippen LogP contribution in [0.3, 0.4) is 0 Å². The fraction of sp³-hybridized carbons (Fsp3) is 0.250. The van der Waals surface area contributed by atoms with Crippen LogP contribution in [0.4, 0.5) is 0 Å². The van der Waals surface area contributed by atoms with Crippen molar-refractivity contribution >= 4 is 22.5 Å². The number of hydrogen-bond acceptors (Lipinski definition) is 4. The number of nitrogens with zero attached hydrogens (tertiary/aromatic N) is 3. The van der Waals surface area contributed by atoms with Crippen molar-refractivity contribution in [2.24, 2.45) is 0 Å². The lowest BCUT2D eigenvalue weighted by Gasteiger charge is -2.27. The van der Waals surface area contributed by atoms with Crippen molar-refractivity contribution in [3.63, 3.8) is 0 Å². The maximum absolute atomic E-state index is 12.9. The molecular formula is C20H20N4O2. The smallest absolute Gasteiger partial charge is 0.259 e. The first-order chi connectivity index (χ1) is 12.8. The molecule has 1 amide bonds. The quantitative estimate of drug-likeness (QED) is 0.785. The predicted molar refractivity (Wildman–Crippen MR) is 100.0 cm³/mol. The van der Waals surface area contributed by atoms with Crippen LogP contribution in [0, 0.1) is 0 Å². The third-order valence-electron chi connectivity index (χ3n) is 4.58. The molecule has 0 unspecified atom stereocenters. The van der Waals surface area contributed by atoms with Crippen LogP contribution >= 0.6 is 0 Å². The summed E-state index contributed by atoms with van der Waals surface area (Å²) in [6.07, 6.45) is 8.34. The van der Waals surface area contributed by atoms with Crippen molar-refractivity contribution in [2.75, 3.05) is 19.7 Å². The van der Waals surface area contributed by atoms with Crippen molar-refractivity contribution in [3.05, 3.63) is 60.1 Å². The topological polar surface area (TPSA) is 71.1 Å². The van der Waals surface area contributed by atoms with Gasteiger partial charge in [0.2, 0.25) is 5.88 Å². The number of amides is 1. The first-order valence-corrected chi connectivity index (χ1v) is 8.76. The molecule has 4 heterocycles. The summed E-state index contributed by atoms with van der Waals surface area (Å²) < 4.78 is 5.49. The van der Waals surface area contributed by atoms with Gasteiger partial charge >= 0.3 is 0 Å². The molecule has 4 rings (SSSR count). The zero-order valence-electron chi connectivity index (χ0n) is 14.6. The number of fused-ring (bicyclic) bond motifs is 1. The maximum atomic E-state index is 12.9. The van der Waals surface area contributed by atoms with Gasteiger partial charge in [0.15, 0.2) is 0 Å². The molecule has 132 valence electrons. The maximum Gasteiger partial charge on any atom is 0.259 e. The number of H-pyrrole nitrogens is 1. The SMILES string of the molecule is CCOc1ncccc1C(=O)N1CC=C(c2c[nH]c3ncccc23)CC1. The summed E-state index contributed by atoms with van der Waals surface area (Å²) in [5.41, 5.74) is 3.81. The Morgan fingerprint density at radius 1 is 1.27 bits per heavy atom. The highest BCUT2D eigenvalue weighted by Gasteiger charge is 2.23. The lowest BCUT2D eigenvalue weighted by atomic mass is 9.99. The van der Waals surface area contributed by atoms with Gasteiger partial charge < -0.3 is 14.6 Å². The van der Waals surface area contributed by atoms with Gasteiger partial charge in [0, 0.05) is 42.6 Å². The van der Waals surface area contributed by atoms with Crippen LogP contribution in [-0.2, 0) is 0 Å². The first-order valence-electron chi connectivity index (χ1n) is 8.76. The summed E-state index contributed by atoms with van der Waals surface area (Å²) in [6.45, 7) is 3.60. The second-order valence-electron chi connectivity index (χ2n) is 6.12. The van der Waals surface area contributed by atoms with E-state index in [0.717, 1.165) is 23.0 Å². The molecule has 6 heteroatoms. The summed E-state index contributed by atoms with van der Waals surface area (Å²) in [5.74, 6) is 0.356. The molecule has 0 spiro atoms. The van der Waals surface area contributed by atoms with Crippen molar-refractivity contribution in [1.29, 1.82) is 0 Å². The van der Waals surface area contributed by atoms with Crippen LogP contribution in [0.5, 0.6) is 5.88 Å². The molecule has 3 aromatic rings. The molecule has 3 aromatic heterocycles. The lowest BCUT2D eigenvalue weighted by Crippen LogP contribution is -2.35. The van der Waals surface area contributed by atoms with E-state index in [1.165, 1.54) is 5.57 Å². The number of rotatable bonds is 4. The van der Waals surface area contributed by atoms with Gasteiger partial charge in [-0.3, -0.25) is 4.79 Å². The van der Waals surface area contributed by atoms with E-state index >= 15 is 0 Å². The van der Waals surface area contributed by atoms with E-state index in [1.54, 1.807) is 24.5 Å². The van der Waals surface area contributed by atoms with Gasteiger partial charge in [0.25, 0.3) is 5.91 Å². The van der Waals surface area contributed by atoms with E-state index in [4.69, 9.17) is 4.74 Å². The minimum atomic E-state index is -0.0440. The second kappa shape index (κ2) is 7.00. The summed E-state index contributed by atoms with van der Waals surface area (Å²) in [5, 5.41) is 1.12. The van der Waals surface area contributed by atoms with Gasteiger partial charge in [-0.1, -0.05) is 6.08 Å². The highest BCUT2D eigenvalue weighted by Crippen LogP contribution is 2.29. The molecule has 0 atom stereocenters. The molecule has 1 aliphatic heterocycles. The van der Waals surface area contributed by atoms with E-state index in [0.29, 0.717) is 31.1 Å². The molecule has 0 fully saturated rings. The van der Waals surface area contributed by atoms with Crippen molar-refractivity contribution in [2.45, 2.75) is 13.3 Å². The Bertz CT molecular complexity index is 977. The van der Waals surface area contributed by atoms with Gasteiger partial charge in [-0.05, 0) is 43.2 Å². The number of ether oxygens (including phenoxy) is 1. The number of nitrogens with one attached hydrogen (secondary N) is 1. The van der Waals surface area contributed by atoms with Gasteiger partial charge in [-0.25, -0.2) is 9.97 Å². The van der Waals surface area contributed by atoms with E-state index in [1.807, 2.05) is 24.1 Å². The number of aromatic nitrogens is 3. The molecule has 0 saturated heterocycles. The Balaban J connectivity index is 1.55. The third kappa shape index (κ3) is 2.94. The molecule has 0 aliphatic carbocycles. The fourth-order valence-corrected chi connectivity index (χ4v) is 3.30. The predicted octanol–water partition coefficient (Wildman–Crippen LogP) is 3.29. The van der Waals surface area contributed by atoms with Crippen LogP contribution in [0.2, 0.25) is 0 Å². The Kier molecular flexibility index (Phi) is 4.39. The first kappa shape index (κ1) is 16.3. The molecule has 0 bridgehead atoms. The normalized spacial score (nSPS) is 14.3. The standard InChI is InChI=1S/C20H20N4O2/c1-2-26-19-16(6-4-10-22-19)20(25)24-11-7-14(8-12-24)17-13-23-18-15(17)5-3-9-21-18/h3-7,9-10,13H,2,8,11-12H2,1H3,(H,21,23). The highest BCUT2D eigenvalue weighted by molar-refractivity contribution is 5.97. The molecule has 0 saturated carbocycles. The molecule has 0 aromatic carbocycles. The van der Waals surface area contributed by atoms with Crippen LogP contribution in [0.1, 0.15) is 29.3 Å². The number of aromatic amines is 1. The zero-order valence-corrected chi connectivity index (χ0v) is 14.6. The Morgan fingerprint density at radius 2 is 2.12 bits per heavy atom. The van der Waals surface area contributed by atoms with Crippen LogP contribution in [0.25, 0.3) is 16.6 Å². The minimum absolute atomic E-state index is 0.0440. The zero-order chi connectivity index (χ0) is 17.9. The summed E-state index contributed by atoms with van der Waals surface area (Å²) >= 11 is 0.